The molecule has 6 heteroatoms. The maximum Gasteiger partial charge on any atom is 0.238 e. The van der Waals surface area contributed by atoms with Crippen LogP contribution in [0.1, 0.15) is 28.8 Å². The summed E-state index contributed by atoms with van der Waals surface area (Å²) in [7, 11) is 0. The first-order valence-corrected chi connectivity index (χ1v) is 8.34. The molecule has 100 valence electrons. The molecule has 1 aromatic rings. The number of thioether (sulfide) groups is 1. The van der Waals surface area contributed by atoms with Gasteiger partial charge in [0.05, 0.1) is 10.8 Å². The van der Waals surface area contributed by atoms with Gasteiger partial charge in [0.1, 0.15) is 11.1 Å². The average Bonchev–Trinajstić information content (AvgIpc) is 3.05. The fourth-order valence-corrected chi connectivity index (χ4v) is 4.85. The van der Waals surface area contributed by atoms with E-state index in [1.54, 1.807) is 23.1 Å². The Morgan fingerprint density at radius 1 is 1.53 bits per heavy atom. The van der Waals surface area contributed by atoms with E-state index in [2.05, 4.69) is 16.7 Å². The number of carbonyl (C=O) groups excluding carboxylic acids is 1. The first-order valence-electron chi connectivity index (χ1n) is 6.47. The molecule has 0 aromatic carbocycles. The Morgan fingerprint density at radius 3 is 3.16 bits per heavy atom. The molecule has 3 heterocycles. The van der Waals surface area contributed by atoms with E-state index in [9.17, 15) is 10.1 Å². The first-order chi connectivity index (χ1) is 9.29. The topological polar surface area (TPSA) is 64.9 Å². The summed E-state index contributed by atoms with van der Waals surface area (Å²) in [5.74, 6) is 1.12. The van der Waals surface area contributed by atoms with E-state index in [4.69, 9.17) is 0 Å². The van der Waals surface area contributed by atoms with Gasteiger partial charge in [0.2, 0.25) is 5.91 Å². The largest absolute Gasteiger partial charge is 0.316 e. The maximum absolute atomic E-state index is 12.1. The molecule has 1 aromatic heterocycles. The van der Waals surface area contributed by atoms with Gasteiger partial charge in [0, 0.05) is 11.4 Å². The van der Waals surface area contributed by atoms with Crippen molar-refractivity contribution < 1.29 is 4.79 Å². The van der Waals surface area contributed by atoms with Gasteiger partial charge in [-0.25, -0.2) is 0 Å². The summed E-state index contributed by atoms with van der Waals surface area (Å²) in [5, 5.41) is 16.4. The van der Waals surface area contributed by atoms with E-state index >= 15 is 0 Å². The summed E-state index contributed by atoms with van der Waals surface area (Å²) in [4.78, 5) is 13.3. The van der Waals surface area contributed by atoms with E-state index < -0.39 is 0 Å². The van der Waals surface area contributed by atoms with Gasteiger partial charge >= 0.3 is 0 Å². The summed E-state index contributed by atoms with van der Waals surface area (Å²) in [6.45, 7) is 1.72. The van der Waals surface area contributed by atoms with Crippen molar-refractivity contribution in [1.82, 2.24) is 5.32 Å². The lowest BCUT2D eigenvalue weighted by molar-refractivity contribution is -0.115. The zero-order valence-corrected chi connectivity index (χ0v) is 12.1. The van der Waals surface area contributed by atoms with E-state index in [0.29, 0.717) is 5.56 Å². The Bertz CT molecular complexity index is 541. The molecule has 2 aliphatic rings. The fraction of sp³-hybridized carbons (Fsp3) is 0.538. The van der Waals surface area contributed by atoms with Crippen LogP contribution in [0.4, 0.5) is 5.00 Å². The van der Waals surface area contributed by atoms with Crippen LogP contribution in [0, 0.1) is 11.3 Å². The lowest BCUT2D eigenvalue weighted by Crippen LogP contribution is -2.23. The molecule has 0 bridgehead atoms. The average molecular weight is 293 g/mol. The number of rotatable bonds is 2. The maximum atomic E-state index is 12.1. The third-order valence-electron chi connectivity index (χ3n) is 3.50. The van der Waals surface area contributed by atoms with Crippen LogP contribution in [0.5, 0.6) is 0 Å². The lowest BCUT2D eigenvalue weighted by Gasteiger charge is -2.11. The van der Waals surface area contributed by atoms with Gasteiger partial charge in [-0.2, -0.15) is 5.26 Å². The number of thiophene rings is 1. The van der Waals surface area contributed by atoms with Crippen LogP contribution in [0.25, 0.3) is 0 Å². The van der Waals surface area contributed by atoms with Crippen LogP contribution in [0.15, 0.2) is 0 Å². The molecule has 1 amide bonds. The van der Waals surface area contributed by atoms with Crippen molar-refractivity contribution in [1.29, 1.82) is 5.26 Å². The molecule has 19 heavy (non-hydrogen) atoms. The van der Waals surface area contributed by atoms with Crippen LogP contribution < -0.4 is 10.6 Å². The van der Waals surface area contributed by atoms with Gasteiger partial charge in [-0.15, -0.1) is 23.1 Å². The van der Waals surface area contributed by atoms with E-state index in [1.165, 1.54) is 4.88 Å². The normalized spacial score (nSPS) is 21.7. The highest BCUT2D eigenvalue weighted by molar-refractivity contribution is 8.00. The lowest BCUT2D eigenvalue weighted by atomic mass is 10.1. The van der Waals surface area contributed by atoms with Crippen LogP contribution in [0.2, 0.25) is 0 Å². The molecule has 2 aliphatic heterocycles. The molecule has 1 atom stereocenters. The summed E-state index contributed by atoms with van der Waals surface area (Å²) in [5.41, 5.74) is 1.80. The minimum atomic E-state index is 0.0591. The third kappa shape index (κ3) is 2.50. The minimum Gasteiger partial charge on any atom is -0.316 e. The van der Waals surface area contributed by atoms with Crippen molar-refractivity contribution in [2.75, 3.05) is 17.6 Å². The molecular formula is C13H15N3OS2. The highest BCUT2D eigenvalue weighted by atomic mass is 32.2. The van der Waals surface area contributed by atoms with Gasteiger partial charge in [0.25, 0.3) is 0 Å². The molecule has 1 fully saturated rings. The molecule has 0 aliphatic carbocycles. The zero-order valence-electron chi connectivity index (χ0n) is 10.5. The standard InChI is InChI=1S/C13H15N3OS2/c14-6-9-8-3-4-15-7-11(8)19-13(9)16-12(17)10-2-1-5-18-10/h10,15H,1-5,7H2,(H,16,17). The molecule has 2 N–H and O–H groups in total. The van der Waals surface area contributed by atoms with E-state index in [0.717, 1.165) is 48.7 Å². The Hall–Kier alpha value is -1.03. The number of hydrogen-bond donors (Lipinski definition) is 2. The highest BCUT2D eigenvalue weighted by Gasteiger charge is 2.26. The highest BCUT2D eigenvalue weighted by Crippen LogP contribution is 2.36. The summed E-state index contributed by atoms with van der Waals surface area (Å²) >= 11 is 3.26. The first kappa shape index (κ1) is 13.0. The summed E-state index contributed by atoms with van der Waals surface area (Å²) in [6, 6.07) is 2.26. The Balaban J connectivity index is 1.82. The minimum absolute atomic E-state index is 0.0591. The molecular weight excluding hydrogens is 278 g/mol. The van der Waals surface area contributed by atoms with Crippen molar-refractivity contribution >= 4 is 34.0 Å². The Morgan fingerprint density at radius 2 is 2.42 bits per heavy atom. The van der Waals surface area contributed by atoms with Crippen molar-refractivity contribution in [3.8, 4) is 6.07 Å². The van der Waals surface area contributed by atoms with Gasteiger partial charge < -0.3 is 10.6 Å². The van der Waals surface area contributed by atoms with Crippen LogP contribution in [-0.4, -0.2) is 23.5 Å². The molecule has 0 radical (unpaired) electrons. The molecule has 0 saturated carbocycles. The molecule has 1 saturated heterocycles. The summed E-state index contributed by atoms with van der Waals surface area (Å²) < 4.78 is 0. The second-order valence-electron chi connectivity index (χ2n) is 4.74. The number of amides is 1. The van der Waals surface area contributed by atoms with Crippen LogP contribution in [-0.2, 0) is 17.8 Å². The van der Waals surface area contributed by atoms with Crippen molar-refractivity contribution in [2.45, 2.75) is 31.1 Å². The Labute approximate surface area is 120 Å². The second kappa shape index (κ2) is 5.53. The van der Waals surface area contributed by atoms with E-state index in [-0.39, 0.29) is 11.2 Å². The smallest absolute Gasteiger partial charge is 0.238 e. The van der Waals surface area contributed by atoms with Gasteiger partial charge in [-0.1, -0.05) is 0 Å². The number of nitrogens with one attached hydrogen (secondary N) is 2. The second-order valence-corrected chi connectivity index (χ2v) is 7.15. The third-order valence-corrected chi connectivity index (χ3v) is 6.02. The number of fused-ring (bicyclic) bond motifs is 1. The van der Waals surface area contributed by atoms with E-state index in [1.807, 2.05) is 0 Å². The monoisotopic (exact) mass is 293 g/mol. The Kier molecular flexibility index (Phi) is 3.78. The molecule has 3 rings (SSSR count). The van der Waals surface area contributed by atoms with Crippen molar-refractivity contribution in [3.05, 3.63) is 16.0 Å². The molecule has 1 unspecified atom stereocenters. The fourth-order valence-electron chi connectivity index (χ4n) is 2.52. The predicted molar refractivity (Wildman–Crippen MR) is 78.6 cm³/mol. The van der Waals surface area contributed by atoms with Gasteiger partial charge in [-0.05, 0) is 37.1 Å². The number of carbonyl (C=O) groups is 1. The quantitative estimate of drug-likeness (QED) is 0.876. The number of hydrogen-bond acceptors (Lipinski definition) is 5. The predicted octanol–water partition coefficient (Wildman–Crippen LogP) is 2.10. The van der Waals surface area contributed by atoms with Crippen LogP contribution in [0.3, 0.4) is 0 Å². The number of nitriles is 1. The summed E-state index contributed by atoms with van der Waals surface area (Å²) in [6.07, 6.45) is 2.94. The van der Waals surface area contributed by atoms with Crippen molar-refractivity contribution in [3.63, 3.8) is 0 Å². The number of anilines is 1. The van der Waals surface area contributed by atoms with Crippen LogP contribution >= 0.6 is 23.1 Å². The van der Waals surface area contributed by atoms with Gasteiger partial charge in [0.15, 0.2) is 0 Å². The van der Waals surface area contributed by atoms with Gasteiger partial charge in [-0.3, -0.25) is 4.79 Å². The molecule has 4 nitrogen and oxygen atoms in total. The zero-order chi connectivity index (χ0) is 13.2. The van der Waals surface area contributed by atoms with Crippen molar-refractivity contribution in [2.24, 2.45) is 0 Å². The number of nitrogens with zero attached hydrogens (tertiary/aromatic N) is 1. The SMILES string of the molecule is N#Cc1c(NC(=O)C2CCCS2)sc2c1CCNC2. The molecule has 0 spiro atoms.